The van der Waals surface area contributed by atoms with Crippen LogP contribution in [0.2, 0.25) is 0 Å². The molecule has 3 heteroatoms. The van der Waals surface area contributed by atoms with Crippen LogP contribution in [-0.4, -0.2) is 16.1 Å². The fourth-order valence-corrected chi connectivity index (χ4v) is 2.21. The Morgan fingerprint density at radius 2 is 2.05 bits per heavy atom. The third-order valence-corrected chi connectivity index (χ3v) is 3.40. The van der Waals surface area contributed by atoms with Crippen LogP contribution in [0.1, 0.15) is 37.4 Å². The molecule has 102 valence electrons. The van der Waals surface area contributed by atoms with Crippen LogP contribution in [0.25, 0.3) is 0 Å². The molecule has 19 heavy (non-hydrogen) atoms. The first-order valence-corrected chi connectivity index (χ1v) is 7.07. The van der Waals surface area contributed by atoms with Crippen molar-refractivity contribution in [3.8, 4) is 0 Å². The number of hydrogen-bond donors (Lipinski definition) is 1. The fourth-order valence-electron chi connectivity index (χ4n) is 2.21. The van der Waals surface area contributed by atoms with Gasteiger partial charge in [-0.2, -0.15) is 0 Å². The van der Waals surface area contributed by atoms with Gasteiger partial charge in [0, 0.05) is 31.5 Å². The van der Waals surface area contributed by atoms with Crippen LogP contribution < -0.4 is 5.32 Å². The zero-order valence-corrected chi connectivity index (χ0v) is 11.8. The molecule has 0 amide bonds. The van der Waals surface area contributed by atoms with Crippen molar-refractivity contribution in [1.82, 2.24) is 14.9 Å². The standard InChI is InChI=1S/C16H23N3/c1-3-4-15-5-7-16(8-6-15)14(2)18-10-12-19-11-9-17-13-19/h5-9,11,13-14,18H,3-4,10,12H2,1-2H3. The SMILES string of the molecule is CCCc1ccc(C(C)NCCn2ccnc2)cc1. The van der Waals surface area contributed by atoms with Gasteiger partial charge in [-0.15, -0.1) is 0 Å². The lowest BCUT2D eigenvalue weighted by atomic mass is 10.0. The molecule has 0 saturated carbocycles. The number of aryl methyl sites for hydroxylation is 1. The Balaban J connectivity index is 1.80. The third kappa shape index (κ3) is 4.21. The van der Waals surface area contributed by atoms with E-state index in [1.54, 1.807) is 0 Å². The Morgan fingerprint density at radius 3 is 2.68 bits per heavy atom. The molecule has 0 spiro atoms. The summed E-state index contributed by atoms with van der Waals surface area (Å²) >= 11 is 0. The topological polar surface area (TPSA) is 29.9 Å². The summed E-state index contributed by atoms with van der Waals surface area (Å²) in [7, 11) is 0. The van der Waals surface area contributed by atoms with Gasteiger partial charge in [-0.05, 0) is 24.5 Å². The summed E-state index contributed by atoms with van der Waals surface area (Å²) in [5.41, 5.74) is 2.78. The zero-order chi connectivity index (χ0) is 13.5. The van der Waals surface area contributed by atoms with E-state index < -0.39 is 0 Å². The summed E-state index contributed by atoms with van der Waals surface area (Å²) < 4.78 is 2.09. The first-order chi connectivity index (χ1) is 9.29. The molecule has 3 nitrogen and oxygen atoms in total. The van der Waals surface area contributed by atoms with Crippen LogP contribution in [-0.2, 0) is 13.0 Å². The Kier molecular flexibility index (Phi) is 5.16. The van der Waals surface area contributed by atoms with E-state index in [0.717, 1.165) is 13.1 Å². The summed E-state index contributed by atoms with van der Waals surface area (Å²) in [5.74, 6) is 0. The van der Waals surface area contributed by atoms with Crippen molar-refractivity contribution in [2.45, 2.75) is 39.3 Å². The predicted molar refractivity (Wildman–Crippen MR) is 79.1 cm³/mol. The van der Waals surface area contributed by atoms with Crippen LogP contribution in [0.4, 0.5) is 0 Å². The van der Waals surface area contributed by atoms with Crippen LogP contribution >= 0.6 is 0 Å². The predicted octanol–water partition coefficient (Wildman–Crippen LogP) is 3.19. The molecule has 0 aliphatic rings. The number of rotatable bonds is 7. The minimum atomic E-state index is 0.388. The Hall–Kier alpha value is -1.61. The Morgan fingerprint density at radius 1 is 1.26 bits per heavy atom. The van der Waals surface area contributed by atoms with Gasteiger partial charge in [0.05, 0.1) is 6.33 Å². The van der Waals surface area contributed by atoms with E-state index in [0.29, 0.717) is 6.04 Å². The van der Waals surface area contributed by atoms with Gasteiger partial charge in [0.25, 0.3) is 0 Å². The van der Waals surface area contributed by atoms with Gasteiger partial charge in [-0.3, -0.25) is 0 Å². The molecule has 1 N–H and O–H groups in total. The first-order valence-electron chi connectivity index (χ1n) is 7.07. The lowest BCUT2D eigenvalue weighted by Gasteiger charge is -2.15. The molecule has 2 rings (SSSR count). The maximum Gasteiger partial charge on any atom is 0.0946 e. The van der Waals surface area contributed by atoms with Gasteiger partial charge in [-0.1, -0.05) is 37.6 Å². The van der Waals surface area contributed by atoms with E-state index in [4.69, 9.17) is 0 Å². The van der Waals surface area contributed by atoms with Crippen molar-refractivity contribution in [2.75, 3.05) is 6.54 Å². The highest BCUT2D eigenvalue weighted by Crippen LogP contribution is 2.14. The molecule has 1 aromatic heterocycles. The van der Waals surface area contributed by atoms with E-state index in [9.17, 15) is 0 Å². The average molecular weight is 257 g/mol. The summed E-state index contributed by atoms with van der Waals surface area (Å²) in [6, 6.07) is 9.35. The molecule has 0 fully saturated rings. The molecule has 1 heterocycles. The normalized spacial score (nSPS) is 12.5. The fraction of sp³-hybridized carbons (Fsp3) is 0.438. The molecule has 1 aromatic carbocycles. The van der Waals surface area contributed by atoms with E-state index >= 15 is 0 Å². The van der Waals surface area contributed by atoms with Gasteiger partial charge in [0.15, 0.2) is 0 Å². The molecule has 0 aliphatic heterocycles. The van der Waals surface area contributed by atoms with Crippen LogP contribution in [0.5, 0.6) is 0 Å². The highest BCUT2D eigenvalue weighted by atomic mass is 15.0. The lowest BCUT2D eigenvalue weighted by Crippen LogP contribution is -2.23. The molecule has 0 saturated heterocycles. The molecule has 1 atom stereocenters. The minimum Gasteiger partial charge on any atom is -0.336 e. The van der Waals surface area contributed by atoms with Crippen molar-refractivity contribution in [1.29, 1.82) is 0 Å². The second kappa shape index (κ2) is 7.10. The Bertz CT molecular complexity index is 459. The number of benzene rings is 1. The van der Waals surface area contributed by atoms with E-state index in [-0.39, 0.29) is 0 Å². The van der Waals surface area contributed by atoms with Gasteiger partial charge in [0.2, 0.25) is 0 Å². The van der Waals surface area contributed by atoms with Gasteiger partial charge in [-0.25, -0.2) is 4.98 Å². The lowest BCUT2D eigenvalue weighted by molar-refractivity contribution is 0.531. The maximum atomic E-state index is 4.04. The number of imidazole rings is 1. The van der Waals surface area contributed by atoms with Crippen LogP contribution in [0.3, 0.4) is 0 Å². The zero-order valence-electron chi connectivity index (χ0n) is 11.8. The molecule has 1 unspecified atom stereocenters. The van der Waals surface area contributed by atoms with Crippen molar-refractivity contribution in [3.63, 3.8) is 0 Å². The van der Waals surface area contributed by atoms with Crippen molar-refractivity contribution < 1.29 is 0 Å². The van der Waals surface area contributed by atoms with Crippen molar-refractivity contribution in [2.24, 2.45) is 0 Å². The smallest absolute Gasteiger partial charge is 0.0946 e. The van der Waals surface area contributed by atoms with Gasteiger partial charge < -0.3 is 9.88 Å². The molecule has 0 aliphatic carbocycles. The average Bonchev–Trinajstić information content (AvgIpc) is 2.93. The molecular formula is C16H23N3. The molecule has 0 bridgehead atoms. The minimum absolute atomic E-state index is 0.388. The second-order valence-corrected chi connectivity index (χ2v) is 4.97. The number of nitrogens with zero attached hydrogens (tertiary/aromatic N) is 2. The monoisotopic (exact) mass is 257 g/mol. The summed E-state index contributed by atoms with van der Waals surface area (Å²) in [6.45, 7) is 6.34. The largest absolute Gasteiger partial charge is 0.336 e. The summed E-state index contributed by atoms with van der Waals surface area (Å²) in [5, 5.41) is 3.54. The first kappa shape index (κ1) is 13.8. The highest BCUT2D eigenvalue weighted by molar-refractivity contribution is 5.24. The quantitative estimate of drug-likeness (QED) is 0.825. The van der Waals surface area contributed by atoms with Crippen LogP contribution in [0, 0.1) is 0 Å². The van der Waals surface area contributed by atoms with E-state index in [1.807, 2.05) is 18.7 Å². The van der Waals surface area contributed by atoms with Crippen molar-refractivity contribution in [3.05, 3.63) is 54.1 Å². The van der Waals surface area contributed by atoms with E-state index in [1.165, 1.54) is 24.0 Å². The van der Waals surface area contributed by atoms with Crippen LogP contribution in [0.15, 0.2) is 43.0 Å². The number of hydrogen-bond acceptors (Lipinski definition) is 2. The Labute approximate surface area is 115 Å². The van der Waals surface area contributed by atoms with E-state index in [2.05, 4.69) is 53.0 Å². The third-order valence-electron chi connectivity index (χ3n) is 3.40. The molecular weight excluding hydrogens is 234 g/mol. The molecule has 2 aromatic rings. The maximum absolute atomic E-state index is 4.04. The second-order valence-electron chi connectivity index (χ2n) is 4.97. The highest BCUT2D eigenvalue weighted by Gasteiger charge is 2.04. The molecule has 0 radical (unpaired) electrons. The van der Waals surface area contributed by atoms with Gasteiger partial charge in [0.1, 0.15) is 0 Å². The van der Waals surface area contributed by atoms with Gasteiger partial charge >= 0.3 is 0 Å². The van der Waals surface area contributed by atoms with Crippen molar-refractivity contribution >= 4 is 0 Å². The summed E-state index contributed by atoms with van der Waals surface area (Å²) in [4.78, 5) is 4.04. The number of nitrogens with one attached hydrogen (secondary N) is 1. The number of aromatic nitrogens is 2. The summed E-state index contributed by atoms with van der Waals surface area (Å²) in [6.07, 6.45) is 8.04.